The summed E-state index contributed by atoms with van der Waals surface area (Å²) < 4.78 is 19.3. The van der Waals surface area contributed by atoms with E-state index in [1.807, 2.05) is 6.92 Å². The molecule has 2 N–H and O–H groups in total. The Kier molecular flexibility index (Phi) is 7.50. The number of halogens is 1. The third-order valence-corrected chi connectivity index (χ3v) is 4.76. The lowest BCUT2D eigenvalue weighted by Crippen LogP contribution is -2.38. The van der Waals surface area contributed by atoms with E-state index < -0.39 is 0 Å². The molecule has 1 saturated heterocycles. The van der Waals surface area contributed by atoms with Gasteiger partial charge in [0.1, 0.15) is 6.10 Å². The van der Waals surface area contributed by atoms with Gasteiger partial charge >= 0.3 is 0 Å². The van der Waals surface area contributed by atoms with Crippen molar-refractivity contribution in [2.24, 2.45) is 11.8 Å². The van der Waals surface area contributed by atoms with Crippen LogP contribution in [0.5, 0.6) is 5.75 Å². The molecule has 0 aromatic heterocycles. The minimum Gasteiger partial charge on any atom is -0.486 e. The molecule has 1 heterocycles. The zero-order valence-corrected chi connectivity index (χ0v) is 14.7. The molecule has 3 unspecified atom stereocenters. The first kappa shape index (κ1) is 18.7. The van der Waals surface area contributed by atoms with Crippen LogP contribution in [0, 0.1) is 17.7 Å². The molecule has 1 aromatic rings. The quantitative estimate of drug-likeness (QED) is 0.767. The van der Waals surface area contributed by atoms with Crippen LogP contribution < -0.4 is 15.4 Å². The number of carbonyl (C=O) groups excluding carboxylic acids is 1. The highest BCUT2D eigenvalue weighted by Gasteiger charge is 2.22. The van der Waals surface area contributed by atoms with Crippen LogP contribution in [0.25, 0.3) is 0 Å². The molecule has 1 aliphatic heterocycles. The van der Waals surface area contributed by atoms with Gasteiger partial charge in [0.15, 0.2) is 11.6 Å². The van der Waals surface area contributed by atoms with Crippen molar-refractivity contribution < 1.29 is 13.9 Å². The summed E-state index contributed by atoms with van der Waals surface area (Å²) in [6.07, 6.45) is 3.39. The first-order valence-electron chi connectivity index (χ1n) is 8.98. The lowest BCUT2D eigenvalue weighted by molar-refractivity contribution is -0.122. The fourth-order valence-electron chi connectivity index (χ4n) is 3.11. The Morgan fingerprint density at radius 1 is 1.46 bits per heavy atom. The molecule has 134 valence electrons. The Labute approximate surface area is 144 Å². The molecular formula is C19H29FN2O2. The number of hydrogen-bond acceptors (Lipinski definition) is 3. The number of piperidine rings is 1. The molecule has 1 aliphatic rings. The van der Waals surface area contributed by atoms with Gasteiger partial charge in [-0.25, -0.2) is 4.39 Å². The summed E-state index contributed by atoms with van der Waals surface area (Å²) in [6, 6.07) is 6.36. The molecule has 0 aliphatic carbocycles. The van der Waals surface area contributed by atoms with Gasteiger partial charge < -0.3 is 15.4 Å². The molecule has 5 heteroatoms. The van der Waals surface area contributed by atoms with E-state index in [9.17, 15) is 9.18 Å². The second kappa shape index (κ2) is 9.62. The van der Waals surface area contributed by atoms with Gasteiger partial charge in [0.05, 0.1) is 6.54 Å². The first-order valence-corrected chi connectivity index (χ1v) is 8.98. The van der Waals surface area contributed by atoms with Crippen LogP contribution in [0.3, 0.4) is 0 Å². The molecule has 0 saturated carbocycles. The van der Waals surface area contributed by atoms with Crippen molar-refractivity contribution in [1.82, 2.24) is 10.6 Å². The average Bonchev–Trinajstić information content (AvgIpc) is 2.60. The number of benzene rings is 1. The summed E-state index contributed by atoms with van der Waals surface area (Å²) in [6.45, 7) is 6.60. The molecule has 1 fully saturated rings. The maximum atomic E-state index is 13.6. The Morgan fingerprint density at radius 2 is 2.25 bits per heavy atom. The first-order chi connectivity index (χ1) is 11.6. The molecule has 24 heavy (non-hydrogen) atoms. The molecular weight excluding hydrogens is 307 g/mol. The largest absolute Gasteiger partial charge is 0.486 e. The van der Waals surface area contributed by atoms with Crippen LogP contribution in [0.4, 0.5) is 4.39 Å². The average molecular weight is 336 g/mol. The van der Waals surface area contributed by atoms with Crippen molar-refractivity contribution in [3.05, 3.63) is 30.1 Å². The normalized spacial score (nSPS) is 20.2. The minimum absolute atomic E-state index is 0.0451. The third-order valence-electron chi connectivity index (χ3n) is 4.76. The number of nitrogens with one attached hydrogen (secondary N) is 2. The molecule has 1 aromatic carbocycles. The van der Waals surface area contributed by atoms with Crippen LogP contribution in [-0.4, -0.2) is 31.6 Å². The molecule has 0 radical (unpaired) electrons. The number of para-hydroxylation sites is 1. The maximum absolute atomic E-state index is 13.6. The molecule has 1 amide bonds. The highest BCUT2D eigenvalue weighted by molar-refractivity contribution is 5.76. The van der Waals surface area contributed by atoms with E-state index in [4.69, 9.17) is 4.74 Å². The third kappa shape index (κ3) is 5.78. The standard InChI is InChI=1S/C19H29FN2O2/c1-3-16(24-18-9-5-4-8-17(18)20)13-22-19(23)11-14(2)15-7-6-10-21-12-15/h4-5,8-9,14-16,21H,3,6-7,10-13H2,1-2H3,(H,22,23). The van der Waals surface area contributed by atoms with Crippen molar-refractivity contribution in [1.29, 1.82) is 0 Å². The van der Waals surface area contributed by atoms with Gasteiger partial charge in [-0.15, -0.1) is 0 Å². The predicted molar refractivity (Wildman–Crippen MR) is 93.5 cm³/mol. The molecule has 3 atom stereocenters. The van der Waals surface area contributed by atoms with E-state index in [0.717, 1.165) is 13.1 Å². The van der Waals surface area contributed by atoms with Crippen molar-refractivity contribution in [2.45, 2.75) is 45.6 Å². The van der Waals surface area contributed by atoms with Gasteiger partial charge in [0.2, 0.25) is 5.91 Å². The Morgan fingerprint density at radius 3 is 2.92 bits per heavy atom. The number of ether oxygens (including phenoxy) is 1. The number of amides is 1. The maximum Gasteiger partial charge on any atom is 0.220 e. The lowest BCUT2D eigenvalue weighted by Gasteiger charge is -2.28. The summed E-state index contributed by atoms with van der Waals surface area (Å²) in [5.74, 6) is 0.844. The van der Waals surface area contributed by atoms with Gasteiger partial charge in [0, 0.05) is 6.42 Å². The summed E-state index contributed by atoms with van der Waals surface area (Å²) >= 11 is 0. The number of hydrogen-bond donors (Lipinski definition) is 2. The highest BCUT2D eigenvalue weighted by atomic mass is 19.1. The Bertz CT molecular complexity index is 518. The minimum atomic E-state index is -0.374. The van der Waals surface area contributed by atoms with E-state index in [2.05, 4.69) is 17.6 Å². The fraction of sp³-hybridized carbons (Fsp3) is 0.632. The van der Waals surface area contributed by atoms with E-state index in [1.54, 1.807) is 18.2 Å². The number of carbonyl (C=O) groups is 1. The van der Waals surface area contributed by atoms with Crippen molar-refractivity contribution in [3.8, 4) is 5.75 Å². The predicted octanol–water partition coefficient (Wildman–Crippen LogP) is 3.13. The van der Waals surface area contributed by atoms with Gasteiger partial charge in [-0.3, -0.25) is 4.79 Å². The molecule has 2 rings (SSSR count). The summed E-state index contributed by atoms with van der Waals surface area (Å²) in [7, 11) is 0. The lowest BCUT2D eigenvalue weighted by atomic mass is 9.85. The molecule has 0 spiro atoms. The Hall–Kier alpha value is -1.62. The topological polar surface area (TPSA) is 50.4 Å². The van der Waals surface area contributed by atoms with Gasteiger partial charge in [-0.2, -0.15) is 0 Å². The van der Waals surface area contributed by atoms with Crippen LogP contribution in [0.2, 0.25) is 0 Å². The van der Waals surface area contributed by atoms with Crippen LogP contribution in [0.1, 0.15) is 39.5 Å². The SMILES string of the molecule is CCC(CNC(=O)CC(C)C1CCCNC1)Oc1ccccc1F. The van der Waals surface area contributed by atoms with Crippen molar-refractivity contribution >= 4 is 5.91 Å². The van der Waals surface area contributed by atoms with Crippen LogP contribution in [-0.2, 0) is 4.79 Å². The smallest absolute Gasteiger partial charge is 0.220 e. The van der Waals surface area contributed by atoms with E-state index in [1.165, 1.54) is 18.9 Å². The summed E-state index contributed by atoms with van der Waals surface area (Å²) in [5, 5.41) is 6.33. The van der Waals surface area contributed by atoms with Gasteiger partial charge in [-0.05, 0) is 56.3 Å². The monoisotopic (exact) mass is 336 g/mol. The van der Waals surface area contributed by atoms with Crippen LogP contribution in [0.15, 0.2) is 24.3 Å². The summed E-state index contributed by atoms with van der Waals surface area (Å²) in [4.78, 5) is 12.2. The van der Waals surface area contributed by atoms with Crippen molar-refractivity contribution in [3.63, 3.8) is 0 Å². The molecule has 0 bridgehead atoms. The fourth-order valence-corrected chi connectivity index (χ4v) is 3.11. The zero-order valence-electron chi connectivity index (χ0n) is 14.7. The zero-order chi connectivity index (χ0) is 17.4. The van der Waals surface area contributed by atoms with E-state index >= 15 is 0 Å². The number of rotatable bonds is 8. The van der Waals surface area contributed by atoms with Crippen LogP contribution >= 0.6 is 0 Å². The van der Waals surface area contributed by atoms with E-state index in [-0.39, 0.29) is 23.6 Å². The second-order valence-corrected chi connectivity index (χ2v) is 6.67. The second-order valence-electron chi connectivity index (χ2n) is 6.67. The van der Waals surface area contributed by atoms with E-state index in [0.29, 0.717) is 31.2 Å². The highest BCUT2D eigenvalue weighted by Crippen LogP contribution is 2.22. The van der Waals surface area contributed by atoms with Crippen molar-refractivity contribution in [2.75, 3.05) is 19.6 Å². The van der Waals surface area contributed by atoms with Gasteiger partial charge in [0.25, 0.3) is 0 Å². The summed E-state index contributed by atoms with van der Waals surface area (Å²) in [5.41, 5.74) is 0. The van der Waals surface area contributed by atoms with Gasteiger partial charge in [-0.1, -0.05) is 26.0 Å². The Balaban J connectivity index is 1.75. The molecule has 4 nitrogen and oxygen atoms in total.